The van der Waals surface area contributed by atoms with E-state index in [9.17, 15) is 14.4 Å². The van der Waals surface area contributed by atoms with Crippen molar-refractivity contribution >= 4 is 29.1 Å². The Morgan fingerprint density at radius 3 is 2.74 bits per heavy atom. The first kappa shape index (κ1) is 23.1. The van der Waals surface area contributed by atoms with Gasteiger partial charge in [0, 0.05) is 35.7 Å². The van der Waals surface area contributed by atoms with Crippen molar-refractivity contribution in [3.63, 3.8) is 0 Å². The molecule has 3 amide bonds. The van der Waals surface area contributed by atoms with E-state index in [4.69, 9.17) is 10.5 Å². The van der Waals surface area contributed by atoms with Crippen LogP contribution in [0.2, 0.25) is 0 Å². The molecule has 3 aliphatic rings. The first-order chi connectivity index (χ1) is 17.0. The molecule has 1 fully saturated rings. The van der Waals surface area contributed by atoms with Gasteiger partial charge in [-0.15, -0.1) is 0 Å². The summed E-state index contributed by atoms with van der Waals surface area (Å²) in [5.41, 5.74) is 8.03. The van der Waals surface area contributed by atoms with Gasteiger partial charge in [-0.1, -0.05) is 42.5 Å². The van der Waals surface area contributed by atoms with Gasteiger partial charge in [0.1, 0.15) is 0 Å². The number of carbonyl (C=O) groups excluding carboxylic acids is 3. The molecule has 2 aromatic rings. The zero-order valence-corrected chi connectivity index (χ0v) is 19.5. The molecule has 0 aromatic heterocycles. The number of hydrogen-bond acceptors (Lipinski definition) is 5. The van der Waals surface area contributed by atoms with Crippen LogP contribution < -0.4 is 16.0 Å². The van der Waals surface area contributed by atoms with E-state index in [1.54, 1.807) is 30.3 Å². The van der Waals surface area contributed by atoms with E-state index in [0.717, 1.165) is 24.1 Å². The van der Waals surface area contributed by atoms with Crippen molar-refractivity contribution in [3.8, 4) is 0 Å². The van der Waals surface area contributed by atoms with Crippen LogP contribution in [0.4, 0.5) is 11.4 Å². The number of nitrogen functional groups attached to an aromatic ring is 1. The fourth-order valence-corrected chi connectivity index (χ4v) is 5.35. The van der Waals surface area contributed by atoms with Crippen LogP contribution >= 0.6 is 0 Å². The predicted octanol–water partition coefficient (Wildman–Crippen LogP) is 3.93. The number of para-hydroxylation sites is 1. The highest BCUT2D eigenvalue weighted by Gasteiger charge is 2.52. The maximum absolute atomic E-state index is 13.3. The van der Waals surface area contributed by atoms with Gasteiger partial charge in [-0.05, 0) is 56.0 Å². The Morgan fingerprint density at radius 1 is 1.11 bits per heavy atom. The maximum atomic E-state index is 13.3. The number of hydrogen-bond donors (Lipinski definition) is 2. The Morgan fingerprint density at radius 2 is 1.91 bits per heavy atom. The van der Waals surface area contributed by atoms with Gasteiger partial charge in [0.05, 0.1) is 17.4 Å². The smallest absolute Gasteiger partial charge is 0.258 e. The maximum Gasteiger partial charge on any atom is 0.258 e. The number of benzene rings is 2. The van der Waals surface area contributed by atoms with Gasteiger partial charge in [-0.2, -0.15) is 0 Å². The molecule has 180 valence electrons. The molecule has 3 N–H and O–H groups in total. The number of nitrogens with zero attached hydrogens (tertiary/aromatic N) is 1. The minimum Gasteiger partial charge on any atom is -0.399 e. The summed E-state index contributed by atoms with van der Waals surface area (Å²) in [6.45, 7) is 1.06. The lowest BCUT2D eigenvalue weighted by Gasteiger charge is -2.28. The highest BCUT2D eigenvalue weighted by molar-refractivity contribution is 6.09. The average molecular weight is 472 g/mol. The van der Waals surface area contributed by atoms with Gasteiger partial charge < -0.3 is 15.4 Å². The molecule has 0 bridgehead atoms. The van der Waals surface area contributed by atoms with Crippen molar-refractivity contribution in [1.82, 2.24) is 5.32 Å². The monoisotopic (exact) mass is 471 g/mol. The van der Waals surface area contributed by atoms with E-state index in [2.05, 4.69) is 5.32 Å². The van der Waals surface area contributed by atoms with Gasteiger partial charge in [-0.25, -0.2) is 0 Å². The summed E-state index contributed by atoms with van der Waals surface area (Å²) in [6.07, 6.45) is 9.92. The SMILES string of the molecule is Nc1ccc(C(=O)N2CCCC(OCCCC34C=CC=CC3C(=O)NC4=O)c3ccccc32)cc1. The highest BCUT2D eigenvalue weighted by Crippen LogP contribution is 2.43. The van der Waals surface area contributed by atoms with E-state index in [1.807, 2.05) is 47.4 Å². The summed E-state index contributed by atoms with van der Waals surface area (Å²) in [7, 11) is 0. The fourth-order valence-electron chi connectivity index (χ4n) is 5.35. The lowest BCUT2D eigenvalue weighted by molar-refractivity contribution is -0.127. The second-order valence-electron chi connectivity index (χ2n) is 9.32. The van der Waals surface area contributed by atoms with Crippen LogP contribution in [0, 0.1) is 11.3 Å². The first-order valence-electron chi connectivity index (χ1n) is 12.1. The lowest BCUT2D eigenvalue weighted by Crippen LogP contribution is -2.34. The summed E-state index contributed by atoms with van der Waals surface area (Å²) >= 11 is 0. The van der Waals surface area contributed by atoms with Gasteiger partial charge in [0.25, 0.3) is 5.91 Å². The lowest BCUT2D eigenvalue weighted by atomic mass is 9.71. The molecule has 2 aromatic carbocycles. The molecule has 7 nitrogen and oxygen atoms in total. The summed E-state index contributed by atoms with van der Waals surface area (Å²) in [4.78, 5) is 39.9. The summed E-state index contributed by atoms with van der Waals surface area (Å²) in [5.74, 6) is -0.978. The Bertz CT molecular complexity index is 1200. The molecule has 1 aliphatic carbocycles. The highest BCUT2D eigenvalue weighted by atomic mass is 16.5. The van der Waals surface area contributed by atoms with Crippen molar-refractivity contribution in [2.24, 2.45) is 11.3 Å². The average Bonchev–Trinajstić information content (AvgIpc) is 3.01. The quantitative estimate of drug-likeness (QED) is 0.378. The van der Waals surface area contributed by atoms with E-state index in [-0.39, 0.29) is 23.8 Å². The fraction of sp³-hybridized carbons (Fsp3) is 0.321. The predicted molar refractivity (Wildman–Crippen MR) is 133 cm³/mol. The molecule has 3 atom stereocenters. The summed E-state index contributed by atoms with van der Waals surface area (Å²) < 4.78 is 6.32. The molecule has 0 saturated carbocycles. The van der Waals surface area contributed by atoms with Crippen LogP contribution in [0.1, 0.15) is 47.7 Å². The Hall–Kier alpha value is -3.71. The molecule has 1 saturated heterocycles. The number of imide groups is 1. The van der Waals surface area contributed by atoms with Crippen molar-refractivity contribution in [3.05, 3.63) is 84.0 Å². The zero-order valence-electron chi connectivity index (χ0n) is 19.5. The van der Waals surface area contributed by atoms with E-state index >= 15 is 0 Å². The minimum atomic E-state index is -0.821. The molecule has 35 heavy (non-hydrogen) atoms. The molecule has 0 spiro atoms. The summed E-state index contributed by atoms with van der Waals surface area (Å²) in [6, 6.07) is 14.9. The van der Waals surface area contributed by atoms with Crippen molar-refractivity contribution in [2.75, 3.05) is 23.8 Å². The number of amides is 3. The molecule has 5 rings (SSSR count). The Balaban J connectivity index is 1.28. The number of ether oxygens (including phenoxy) is 1. The zero-order chi connectivity index (χ0) is 24.4. The standard InChI is InChI=1S/C28H29N3O4/c29-20-13-11-19(12-14-20)26(33)31-17-5-10-24(21-7-1-2-9-23(21)31)35-18-6-16-28-15-4-3-8-22(28)25(32)30-27(28)34/h1-4,7-9,11-15,22,24H,5-6,10,16-18,29H2,(H,30,32,34). The van der Waals surface area contributed by atoms with Crippen LogP contribution in [0.25, 0.3) is 0 Å². The van der Waals surface area contributed by atoms with E-state index in [0.29, 0.717) is 37.2 Å². The number of anilines is 2. The van der Waals surface area contributed by atoms with Crippen molar-refractivity contribution in [2.45, 2.75) is 31.8 Å². The van der Waals surface area contributed by atoms with E-state index < -0.39 is 11.3 Å². The number of rotatable bonds is 6. The Kier molecular flexibility index (Phi) is 6.26. The minimum absolute atomic E-state index is 0.0581. The van der Waals surface area contributed by atoms with Crippen LogP contribution in [0.3, 0.4) is 0 Å². The number of nitrogens with two attached hydrogens (primary N) is 1. The third-order valence-corrected chi connectivity index (χ3v) is 7.18. The van der Waals surface area contributed by atoms with Crippen molar-refractivity contribution in [1.29, 1.82) is 0 Å². The normalized spacial score (nSPS) is 25.1. The third kappa shape index (κ3) is 4.28. The van der Waals surface area contributed by atoms with Crippen molar-refractivity contribution < 1.29 is 19.1 Å². The van der Waals surface area contributed by atoms with E-state index in [1.165, 1.54) is 0 Å². The number of nitrogens with one attached hydrogen (secondary N) is 1. The van der Waals surface area contributed by atoms with Crippen LogP contribution in [-0.2, 0) is 14.3 Å². The topological polar surface area (TPSA) is 102 Å². The van der Waals surface area contributed by atoms with Crippen LogP contribution in [-0.4, -0.2) is 30.9 Å². The number of carbonyl (C=O) groups is 3. The Labute approximate surface area is 204 Å². The number of allylic oxidation sites excluding steroid dienone is 2. The largest absolute Gasteiger partial charge is 0.399 e. The van der Waals surface area contributed by atoms with Crippen LogP contribution in [0.5, 0.6) is 0 Å². The van der Waals surface area contributed by atoms with Gasteiger partial charge in [-0.3, -0.25) is 19.7 Å². The molecular weight excluding hydrogens is 442 g/mol. The molecular formula is C28H29N3O4. The number of fused-ring (bicyclic) bond motifs is 2. The van der Waals surface area contributed by atoms with Crippen LogP contribution in [0.15, 0.2) is 72.8 Å². The van der Waals surface area contributed by atoms with Gasteiger partial charge in [0.2, 0.25) is 11.8 Å². The molecule has 2 aliphatic heterocycles. The first-order valence-corrected chi connectivity index (χ1v) is 12.1. The molecule has 3 unspecified atom stereocenters. The second-order valence-corrected chi connectivity index (χ2v) is 9.32. The molecule has 7 heteroatoms. The van der Waals surface area contributed by atoms with Gasteiger partial charge in [0.15, 0.2) is 0 Å². The third-order valence-electron chi connectivity index (χ3n) is 7.18. The molecule has 2 heterocycles. The van der Waals surface area contributed by atoms with Gasteiger partial charge >= 0.3 is 0 Å². The summed E-state index contributed by atoms with van der Waals surface area (Å²) in [5, 5.41) is 2.48. The molecule has 0 radical (unpaired) electrons. The second kappa shape index (κ2) is 9.50.